The number of para-hydroxylation sites is 1. The van der Waals surface area contributed by atoms with Crippen molar-refractivity contribution in [3.8, 4) is 5.69 Å². The summed E-state index contributed by atoms with van der Waals surface area (Å²) in [6.45, 7) is 1.89. The van der Waals surface area contributed by atoms with Crippen LogP contribution in [0.2, 0.25) is 0 Å². The van der Waals surface area contributed by atoms with Crippen molar-refractivity contribution in [1.29, 1.82) is 0 Å². The number of anilines is 1. The second-order valence-electron chi connectivity index (χ2n) is 7.15. The third-order valence-electron chi connectivity index (χ3n) is 4.69. The summed E-state index contributed by atoms with van der Waals surface area (Å²) >= 11 is 0. The van der Waals surface area contributed by atoms with Gasteiger partial charge in [0.15, 0.2) is 18.2 Å². The predicted molar refractivity (Wildman–Crippen MR) is 116 cm³/mol. The van der Waals surface area contributed by atoms with Crippen molar-refractivity contribution in [2.75, 3.05) is 18.5 Å². The van der Waals surface area contributed by atoms with Gasteiger partial charge in [-0.25, -0.2) is 18.3 Å². The van der Waals surface area contributed by atoms with Crippen LogP contribution in [0.4, 0.5) is 14.5 Å². The van der Waals surface area contributed by atoms with E-state index in [2.05, 4.69) is 15.7 Å². The Morgan fingerprint density at radius 2 is 1.68 bits per heavy atom. The monoisotopic (exact) mass is 470 g/mol. The number of amides is 2. The number of nitrogens with one attached hydrogen (secondary N) is 2. The van der Waals surface area contributed by atoms with Crippen molar-refractivity contribution < 1.29 is 32.7 Å². The van der Waals surface area contributed by atoms with Crippen LogP contribution in [0.3, 0.4) is 0 Å². The molecule has 0 aliphatic heterocycles. The number of aromatic nitrogens is 2. The van der Waals surface area contributed by atoms with Gasteiger partial charge in [-0.15, -0.1) is 0 Å². The number of ketones is 1. The van der Waals surface area contributed by atoms with E-state index in [4.69, 9.17) is 4.74 Å². The number of carbonyl (C=O) groups excluding carboxylic acids is 4. The third kappa shape index (κ3) is 5.68. The molecule has 1 heterocycles. The van der Waals surface area contributed by atoms with E-state index in [1.54, 1.807) is 38.1 Å². The van der Waals surface area contributed by atoms with Crippen LogP contribution in [0.25, 0.3) is 5.69 Å². The molecule has 34 heavy (non-hydrogen) atoms. The minimum Gasteiger partial charge on any atom is -0.450 e. The Kier molecular flexibility index (Phi) is 7.46. The van der Waals surface area contributed by atoms with Crippen molar-refractivity contribution in [3.05, 3.63) is 77.1 Å². The summed E-state index contributed by atoms with van der Waals surface area (Å²) in [7, 11) is 0. The largest absolute Gasteiger partial charge is 0.450 e. The lowest BCUT2D eigenvalue weighted by molar-refractivity contribution is -0.144. The van der Waals surface area contributed by atoms with Crippen LogP contribution in [0.15, 0.2) is 48.5 Å². The Morgan fingerprint density at radius 3 is 2.35 bits per heavy atom. The van der Waals surface area contributed by atoms with Crippen LogP contribution in [0.5, 0.6) is 0 Å². The summed E-state index contributed by atoms with van der Waals surface area (Å²) in [4.78, 5) is 48.5. The molecule has 0 spiro atoms. The molecule has 0 saturated carbocycles. The number of halogens is 2. The number of rotatable bonds is 8. The van der Waals surface area contributed by atoms with E-state index in [0.717, 1.165) is 18.2 Å². The molecule has 3 aromatic rings. The molecule has 0 saturated heterocycles. The van der Waals surface area contributed by atoms with Crippen molar-refractivity contribution in [2.45, 2.75) is 13.8 Å². The van der Waals surface area contributed by atoms with E-state index in [-0.39, 0.29) is 11.3 Å². The summed E-state index contributed by atoms with van der Waals surface area (Å²) in [5.41, 5.74) is 1.53. The fraction of sp³-hybridized carbons (Fsp3) is 0.174. The molecule has 2 amide bonds. The van der Waals surface area contributed by atoms with Gasteiger partial charge in [0.05, 0.1) is 29.2 Å². The Hall–Kier alpha value is -4.41. The number of aryl methyl sites for hydroxylation is 1. The number of Topliss-reactive ketones (excluding diaryl/α,β-unsaturated/α-hetero) is 1. The fourth-order valence-corrected chi connectivity index (χ4v) is 3.10. The second-order valence-corrected chi connectivity index (χ2v) is 7.15. The average molecular weight is 470 g/mol. The fourth-order valence-electron chi connectivity index (χ4n) is 3.10. The van der Waals surface area contributed by atoms with Crippen molar-refractivity contribution in [2.24, 2.45) is 0 Å². The van der Waals surface area contributed by atoms with Crippen LogP contribution in [-0.2, 0) is 19.1 Å². The molecular weight excluding hydrogens is 450 g/mol. The molecule has 2 N–H and O–H groups in total. The van der Waals surface area contributed by atoms with Crippen LogP contribution in [-0.4, -0.2) is 46.5 Å². The number of ether oxygens (including phenoxy) is 1. The summed E-state index contributed by atoms with van der Waals surface area (Å²) in [6.07, 6.45) is 0. The van der Waals surface area contributed by atoms with Gasteiger partial charge in [-0.2, -0.15) is 5.10 Å². The minimum atomic E-state index is -1.25. The van der Waals surface area contributed by atoms with Crippen molar-refractivity contribution in [1.82, 2.24) is 15.1 Å². The van der Waals surface area contributed by atoms with Gasteiger partial charge in [-0.05, 0) is 38.1 Å². The van der Waals surface area contributed by atoms with Gasteiger partial charge in [-0.1, -0.05) is 18.2 Å². The molecule has 0 aliphatic carbocycles. The molecule has 176 valence electrons. The zero-order chi connectivity index (χ0) is 24.8. The average Bonchev–Trinajstić information content (AvgIpc) is 3.12. The molecular formula is C23H20F2N4O5. The first-order valence-corrected chi connectivity index (χ1v) is 10.0. The highest BCUT2D eigenvalue weighted by Gasteiger charge is 2.27. The highest BCUT2D eigenvalue weighted by atomic mass is 19.2. The highest BCUT2D eigenvalue weighted by Crippen LogP contribution is 2.19. The van der Waals surface area contributed by atoms with Gasteiger partial charge in [0.2, 0.25) is 5.91 Å². The lowest BCUT2D eigenvalue weighted by atomic mass is 10.1. The van der Waals surface area contributed by atoms with E-state index in [0.29, 0.717) is 17.1 Å². The number of benzene rings is 2. The molecule has 0 aliphatic rings. The number of hydrogen-bond acceptors (Lipinski definition) is 6. The topological polar surface area (TPSA) is 119 Å². The first-order chi connectivity index (χ1) is 16.2. The van der Waals surface area contributed by atoms with Crippen LogP contribution < -0.4 is 10.6 Å². The second kappa shape index (κ2) is 10.5. The molecule has 0 unspecified atom stereocenters. The maximum absolute atomic E-state index is 13.2. The lowest BCUT2D eigenvalue weighted by Crippen LogP contribution is -2.36. The number of carbonyl (C=O) groups is 4. The molecule has 9 nitrogen and oxygen atoms in total. The Morgan fingerprint density at radius 1 is 0.971 bits per heavy atom. The van der Waals surface area contributed by atoms with Crippen LogP contribution >= 0.6 is 0 Å². The minimum absolute atomic E-state index is 0.00281. The first kappa shape index (κ1) is 24.2. The number of hydrogen-bond donors (Lipinski definition) is 2. The Balaban J connectivity index is 1.52. The molecule has 0 radical (unpaired) electrons. The highest BCUT2D eigenvalue weighted by molar-refractivity contribution is 6.41. The number of nitrogens with zero attached hydrogens (tertiary/aromatic N) is 2. The van der Waals surface area contributed by atoms with E-state index in [1.165, 1.54) is 4.68 Å². The standard InChI is InChI=1S/C23H20F2N4O5/c1-13-21(14(2)29(28-13)16-6-4-3-5-7-16)22(32)23(33)34-12-20(31)26-11-19(30)27-15-8-9-17(24)18(25)10-15/h3-10H,11-12H2,1-2H3,(H,26,31)(H,27,30). The maximum atomic E-state index is 13.2. The van der Waals surface area contributed by atoms with Gasteiger partial charge in [-0.3, -0.25) is 14.4 Å². The SMILES string of the molecule is Cc1nn(-c2ccccc2)c(C)c1C(=O)C(=O)OCC(=O)NCC(=O)Nc1ccc(F)c(F)c1. The Bertz CT molecular complexity index is 1260. The molecule has 2 aromatic carbocycles. The molecule has 11 heteroatoms. The summed E-state index contributed by atoms with van der Waals surface area (Å²) in [5.74, 6) is -5.98. The van der Waals surface area contributed by atoms with Gasteiger partial charge < -0.3 is 15.4 Å². The number of esters is 1. The normalized spacial score (nSPS) is 10.5. The smallest absolute Gasteiger partial charge is 0.380 e. The maximum Gasteiger partial charge on any atom is 0.380 e. The predicted octanol–water partition coefficient (Wildman–Crippen LogP) is 2.25. The first-order valence-electron chi connectivity index (χ1n) is 10.0. The van der Waals surface area contributed by atoms with Crippen molar-refractivity contribution in [3.63, 3.8) is 0 Å². The Labute approximate surface area is 192 Å². The van der Waals surface area contributed by atoms with E-state index >= 15 is 0 Å². The quantitative estimate of drug-likeness (QED) is 0.296. The summed E-state index contributed by atoms with van der Waals surface area (Å²) in [5, 5.41) is 8.75. The third-order valence-corrected chi connectivity index (χ3v) is 4.69. The van der Waals surface area contributed by atoms with Gasteiger partial charge >= 0.3 is 5.97 Å². The lowest BCUT2D eigenvalue weighted by Gasteiger charge is -2.08. The van der Waals surface area contributed by atoms with E-state index in [1.807, 2.05) is 6.07 Å². The van der Waals surface area contributed by atoms with Gasteiger partial charge in [0.1, 0.15) is 0 Å². The molecule has 1 aromatic heterocycles. The zero-order valence-electron chi connectivity index (χ0n) is 18.2. The van der Waals surface area contributed by atoms with Gasteiger partial charge in [0.25, 0.3) is 11.7 Å². The van der Waals surface area contributed by atoms with Crippen LogP contribution in [0, 0.1) is 25.5 Å². The summed E-state index contributed by atoms with van der Waals surface area (Å²) in [6, 6.07) is 11.8. The van der Waals surface area contributed by atoms with Gasteiger partial charge in [0, 0.05) is 11.8 Å². The van der Waals surface area contributed by atoms with Crippen LogP contribution in [0.1, 0.15) is 21.7 Å². The molecule has 0 bridgehead atoms. The van der Waals surface area contributed by atoms with E-state index < -0.39 is 48.4 Å². The van der Waals surface area contributed by atoms with E-state index in [9.17, 15) is 28.0 Å². The molecule has 0 fully saturated rings. The molecule has 3 rings (SSSR count). The molecule has 0 atom stereocenters. The zero-order valence-corrected chi connectivity index (χ0v) is 18.2. The summed E-state index contributed by atoms with van der Waals surface area (Å²) < 4.78 is 32.4. The van der Waals surface area contributed by atoms with Crippen molar-refractivity contribution >= 4 is 29.3 Å².